The van der Waals surface area contributed by atoms with Crippen LogP contribution in [0.4, 0.5) is 11.4 Å². The van der Waals surface area contributed by atoms with E-state index < -0.39 is 8.80 Å². The molecule has 0 fully saturated rings. The first kappa shape index (κ1) is 18.5. The number of nitrogens with one attached hydrogen (secondary N) is 1. The third-order valence-electron chi connectivity index (χ3n) is 4.19. The van der Waals surface area contributed by atoms with Gasteiger partial charge in [0, 0.05) is 26.9 Å². The summed E-state index contributed by atoms with van der Waals surface area (Å²) in [5.41, 5.74) is 9.85. The summed E-state index contributed by atoms with van der Waals surface area (Å²) in [7, 11) is 2.02. The van der Waals surface area contributed by atoms with Gasteiger partial charge in [0.25, 0.3) is 0 Å². The first-order valence-corrected chi connectivity index (χ1v) is 9.78. The Labute approximate surface area is 145 Å². The van der Waals surface area contributed by atoms with Crippen molar-refractivity contribution < 1.29 is 13.3 Å². The van der Waals surface area contributed by atoms with Crippen molar-refractivity contribution >= 4 is 20.2 Å². The van der Waals surface area contributed by atoms with Gasteiger partial charge in [-0.3, -0.25) is 0 Å². The van der Waals surface area contributed by atoms with E-state index in [1.807, 2.05) is 30.3 Å². The topological polar surface area (TPSA) is 65.7 Å². The Balaban J connectivity index is 2.45. The van der Waals surface area contributed by atoms with Crippen molar-refractivity contribution in [2.24, 2.45) is 0 Å². The Hall–Kier alpha value is -1.86. The summed E-state index contributed by atoms with van der Waals surface area (Å²) in [5.74, 6) is 0. The Kier molecular flexibility index (Phi) is 6.39. The average Bonchev–Trinajstić information content (AvgIpc) is 2.64. The van der Waals surface area contributed by atoms with Crippen molar-refractivity contribution in [1.29, 1.82) is 0 Å². The molecule has 3 N–H and O–H groups in total. The molecule has 0 radical (unpaired) electrons. The summed E-state index contributed by atoms with van der Waals surface area (Å²) >= 11 is 0. The molecular weight excluding hydrogens is 320 g/mol. The highest BCUT2D eigenvalue weighted by Gasteiger charge is 2.47. The predicted octanol–water partition coefficient (Wildman–Crippen LogP) is 3.54. The normalized spacial score (nSPS) is 12.8. The number of hydrogen-bond donors (Lipinski definition) is 2. The molecule has 0 bridgehead atoms. The van der Waals surface area contributed by atoms with Crippen molar-refractivity contribution in [2.45, 2.75) is 19.0 Å². The highest BCUT2D eigenvalue weighted by molar-refractivity contribution is 6.63. The maximum absolute atomic E-state index is 6.26. The minimum atomic E-state index is -2.84. The molecule has 0 aliphatic heterocycles. The van der Waals surface area contributed by atoms with E-state index in [0.29, 0.717) is 5.69 Å². The number of para-hydroxylation sites is 1. The van der Waals surface area contributed by atoms with Crippen LogP contribution < -0.4 is 11.1 Å². The lowest BCUT2D eigenvalue weighted by Gasteiger charge is -2.33. The van der Waals surface area contributed by atoms with Gasteiger partial charge in [0.15, 0.2) is 0 Å². The Morgan fingerprint density at radius 1 is 0.958 bits per heavy atom. The van der Waals surface area contributed by atoms with E-state index >= 15 is 0 Å². The van der Waals surface area contributed by atoms with Crippen molar-refractivity contribution in [3.05, 3.63) is 48.5 Å². The van der Waals surface area contributed by atoms with E-state index in [2.05, 4.69) is 30.4 Å². The minimum absolute atomic E-state index is 0.107. The number of rotatable bonds is 8. The summed E-state index contributed by atoms with van der Waals surface area (Å²) < 4.78 is 16.9. The second kappa shape index (κ2) is 8.30. The van der Waals surface area contributed by atoms with Gasteiger partial charge >= 0.3 is 8.80 Å². The second-order valence-corrected chi connectivity index (χ2v) is 8.59. The van der Waals surface area contributed by atoms with Gasteiger partial charge in [-0.15, -0.1) is 0 Å². The van der Waals surface area contributed by atoms with Crippen LogP contribution in [0.1, 0.15) is 13.3 Å². The van der Waals surface area contributed by atoms with Crippen LogP contribution in [0.25, 0.3) is 11.1 Å². The van der Waals surface area contributed by atoms with Crippen molar-refractivity contribution in [2.75, 3.05) is 32.4 Å². The minimum Gasteiger partial charge on any atom is -0.397 e. The number of hydrogen-bond acceptors (Lipinski definition) is 5. The van der Waals surface area contributed by atoms with Crippen molar-refractivity contribution in [1.82, 2.24) is 0 Å². The monoisotopic (exact) mass is 346 g/mol. The predicted molar refractivity (Wildman–Crippen MR) is 101 cm³/mol. The zero-order valence-electron chi connectivity index (χ0n) is 14.7. The smallest absolute Gasteiger partial charge is 0.397 e. The fraction of sp³-hybridized carbons (Fsp3) is 0.333. The maximum Gasteiger partial charge on any atom is 0.523 e. The molecule has 0 heterocycles. The zero-order chi connectivity index (χ0) is 17.6. The standard InChI is InChI=1S/C18H26N2O3Si/c1-5-17(24(21-2,22-3)23-4)20-18-15(12-9-13-16(18)19)14-10-7-6-8-11-14/h6-13,17,20H,5,19H2,1-4H3. The summed E-state index contributed by atoms with van der Waals surface area (Å²) in [6.45, 7) is 2.07. The summed E-state index contributed by atoms with van der Waals surface area (Å²) in [4.78, 5) is 0. The lowest BCUT2D eigenvalue weighted by atomic mass is 10.0. The summed E-state index contributed by atoms with van der Waals surface area (Å²) in [5, 5.41) is 3.52. The van der Waals surface area contributed by atoms with Crippen LogP contribution in [0, 0.1) is 0 Å². The highest BCUT2D eigenvalue weighted by atomic mass is 28.4. The molecular formula is C18H26N2O3Si. The van der Waals surface area contributed by atoms with Crippen LogP contribution >= 0.6 is 0 Å². The van der Waals surface area contributed by atoms with Crippen LogP contribution in [0.2, 0.25) is 0 Å². The SMILES string of the molecule is CCC(Nc1c(N)cccc1-c1ccccc1)[Si](OC)(OC)OC. The van der Waals surface area contributed by atoms with Gasteiger partial charge in [-0.1, -0.05) is 49.4 Å². The Morgan fingerprint density at radius 3 is 2.12 bits per heavy atom. The third kappa shape index (κ3) is 3.62. The van der Waals surface area contributed by atoms with Gasteiger partial charge in [0.05, 0.1) is 17.0 Å². The van der Waals surface area contributed by atoms with Crippen LogP contribution in [0.3, 0.4) is 0 Å². The Bertz CT molecular complexity index is 640. The molecule has 0 saturated carbocycles. The summed E-state index contributed by atoms with van der Waals surface area (Å²) in [6.07, 6.45) is 0.782. The molecule has 6 heteroatoms. The van der Waals surface area contributed by atoms with Gasteiger partial charge in [-0.2, -0.15) is 0 Å². The lowest BCUT2D eigenvalue weighted by Crippen LogP contribution is -2.57. The van der Waals surface area contributed by atoms with Crippen LogP contribution in [-0.2, 0) is 13.3 Å². The van der Waals surface area contributed by atoms with Gasteiger partial charge in [-0.05, 0) is 18.1 Å². The van der Waals surface area contributed by atoms with E-state index in [-0.39, 0.29) is 5.67 Å². The molecule has 1 unspecified atom stereocenters. The highest BCUT2D eigenvalue weighted by Crippen LogP contribution is 2.34. The zero-order valence-corrected chi connectivity index (χ0v) is 15.7. The quantitative estimate of drug-likeness (QED) is 0.565. The third-order valence-corrected chi connectivity index (χ3v) is 7.30. The largest absolute Gasteiger partial charge is 0.523 e. The molecule has 5 nitrogen and oxygen atoms in total. The first-order chi connectivity index (χ1) is 11.6. The Morgan fingerprint density at radius 2 is 1.58 bits per heavy atom. The summed E-state index contributed by atoms with van der Waals surface area (Å²) in [6, 6.07) is 16.0. The molecule has 2 rings (SSSR count). The molecule has 2 aromatic rings. The van der Waals surface area contributed by atoms with Gasteiger partial charge < -0.3 is 24.3 Å². The van der Waals surface area contributed by atoms with Crippen molar-refractivity contribution in [3.8, 4) is 11.1 Å². The molecule has 0 aromatic heterocycles. The molecule has 1 atom stereocenters. The van der Waals surface area contributed by atoms with Crippen molar-refractivity contribution in [3.63, 3.8) is 0 Å². The lowest BCUT2D eigenvalue weighted by molar-refractivity contribution is 0.115. The molecule has 0 aliphatic carbocycles. The second-order valence-electron chi connectivity index (χ2n) is 5.46. The number of nitrogens with two attached hydrogens (primary N) is 1. The van der Waals surface area contributed by atoms with E-state index in [0.717, 1.165) is 23.2 Å². The number of benzene rings is 2. The first-order valence-electron chi connectivity index (χ1n) is 7.97. The molecule has 0 spiro atoms. The molecule has 2 aromatic carbocycles. The molecule has 24 heavy (non-hydrogen) atoms. The van der Waals surface area contributed by atoms with E-state index in [1.165, 1.54) is 0 Å². The van der Waals surface area contributed by atoms with Gasteiger partial charge in [0.2, 0.25) is 0 Å². The number of nitrogen functional groups attached to an aromatic ring is 1. The van der Waals surface area contributed by atoms with Crippen LogP contribution in [0.15, 0.2) is 48.5 Å². The molecule has 130 valence electrons. The molecule has 0 aliphatic rings. The van der Waals surface area contributed by atoms with Crippen LogP contribution in [0.5, 0.6) is 0 Å². The van der Waals surface area contributed by atoms with Crippen LogP contribution in [-0.4, -0.2) is 35.8 Å². The molecule has 0 saturated heterocycles. The van der Waals surface area contributed by atoms with Gasteiger partial charge in [-0.25, -0.2) is 0 Å². The molecule has 0 amide bonds. The van der Waals surface area contributed by atoms with E-state index in [9.17, 15) is 0 Å². The van der Waals surface area contributed by atoms with E-state index in [4.69, 9.17) is 19.0 Å². The van der Waals surface area contributed by atoms with Gasteiger partial charge in [0.1, 0.15) is 0 Å². The van der Waals surface area contributed by atoms with E-state index in [1.54, 1.807) is 21.3 Å². The average molecular weight is 347 g/mol. The fourth-order valence-corrected chi connectivity index (χ4v) is 5.06. The number of anilines is 2. The maximum atomic E-state index is 6.26. The fourth-order valence-electron chi connectivity index (χ4n) is 2.88.